The van der Waals surface area contributed by atoms with E-state index in [1.54, 1.807) is 7.05 Å². The lowest BCUT2D eigenvalue weighted by atomic mass is 10.1. The van der Waals surface area contributed by atoms with Gasteiger partial charge in [-0.25, -0.2) is 4.79 Å². The molecule has 0 spiro atoms. The minimum absolute atomic E-state index is 0.112. The molecule has 8 nitrogen and oxygen atoms in total. The molecule has 2 rings (SSSR count). The smallest absolute Gasteiger partial charge is 0.408 e. The average Bonchev–Trinajstić information content (AvgIpc) is 2.72. The van der Waals surface area contributed by atoms with E-state index in [9.17, 15) is 9.59 Å². The lowest BCUT2D eigenvalue weighted by Crippen LogP contribution is -2.54. The number of ether oxygens (including phenoxy) is 1. The number of piperidine rings is 1. The second-order valence-electron chi connectivity index (χ2n) is 9.84. The highest BCUT2D eigenvalue weighted by atomic mass is 16.6. The van der Waals surface area contributed by atoms with Gasteiger partial charge >= 0.3 is 6.09 Å². The van der Waals surface area contributed by atoms with E-state index in [4.69, 9.17) is 4.74 Å². The SMILES string of the molecule is CN=C(NCc1ccc(C(=O)N2CCCCC2)cc1)NCC(C)(C)NC(=O)OC(C)(C)C. The number of hydrogen-bond donors (Lipinski definition) is 3. The second-order valence-corrected chi connectivity index (χ2v) is 9.84. The van der Waals surface area contributed by atoms with Gasteiger partial charge in [0, 0.05) is 38.8 Å². The average molecular weight is 446 g/mol. The van der Waals surface area contributed by atoms with E-state index >= 15 is 0 Å². The molecule has 0 aromatic heterocycles. The Kier molecular flexibility index (Phi) is 8.92. The van der Waals surface area contributed by atoms with Crippen LogP contribution in [0.4, 0.5) is 4.79 Å². The molecule has 32 heavy (non-hydrogen) atoms. The van der Waals surface area contributed by atoms with Crippen molar-refractivity contribution in [2.45, 2.75) is 71.6 Å². The minimum atomic E-state index is -0.543. The Labute approximate surface area is 192 Å². The maximum absolute atomic E-state index is 12.6. The van der Waals surface area contributed by atoms with Gasteiger partial charge in [-0.3, -0.25) is 9.79 Å². The zero-order chi connectivity index (χ0) is 23.8. The van der Waals surface area contributed by atoms with E-state index in [-0.39, 0.29) is 5.91 Å². The van der Waals surface area contributed by atoms with Crippen molar-refractivity contribution in [3.05, 3.63) is 35.4 Å². The van der Waals surface area contributed by atoms with Crippen molar-refractivity contribution in [2.75, 3.05) is 26.7 Å². The molecular weight excluding hydrogens is 406 g/mol. The zero-order valence-electron chi connectivity index (χ0n) is 20.4. The van der Waals surface area contributed by atoms with Gasteiger partial charge in [-0.15, -0.1) is 0 Å². The van der Waals surface area contributed by atoms with Gasteiger partial charge in [-0.05, 0) is 71.6 Å². The zero-order valence-corrected chi connectivity index (χ0v) is 20.4. The largest absolute Gasteiger partial charge is 0.444 e. The van der Waals surface area contributed by atoms with Crippen molar-refractivity contribution in [2.24, 2.45) is 4.99 Å². The molecule has 0 radical (unpaired) electrons. The number of nitrogens with one attached hydrogen (secondary N) is 3. The summed E-state index contributed by atoms with van der Waals surface area (Å²) in [5.41, 5.74) is 0.706. The van der Waals surface area contributed by atoms with Crippen LogP contribution >= 0.6 is 0 Å². The highest BCUT2D eigenvalue weighted by molar-refractivity contribution is 5.94. The van der Waals surface area contributed by atoms with Crippen molar-refractivity contribution < 1.29 is 14.3 Å². The van der Waals surface area contributed by atoms with Crippen LogP contribution in [0.1, 0.15) is 69.8 Å². The summed E-state index contributed by atoms with van der Waals surface area (Å²) in [4.78, 5) is 30.8. The number of aliphatic imine (C=N–C) groups is 1. The molecule has 0 aliphatic carbocycles. The fraction of sp³-hybridized carbons (Fsp3) is 0.625. The van der Waals surface area contributed by atoms with Crippen LogP contribution in [0.25, 0.3) is 0 Å². The molecule has 1 aliphatic rings. The molecule has 3 N–H and O–H groups in total. The molecule has 178 valence electrons. The number of guanidine groups is 1. The Bertz CT molecular complexity index is 791. The highest BCUT2D eigenvalue weighted by Gasteiger charge is 2.25. The molecule has 0 unspecified atom stereocenters. The number of likely N-dealkylation sites (tertiary alicyclic amines) is 1. The third-order valence-electron chi connectivity index (χ3n) is 5.06. The third kappa shape index (κ3) is 8.77. The number of amides is 2. The molecule has 0 bridgehead atoms. The Balaban J connectivity index is 1.81. The summed E-state index contributed by atoms with van der Waals surface area (Å²) in [6.45, 7) is 12.1. The van der Waals surface area contributed by atoms with Crippen LogP contribution in [0.15, 0.2) is 29.3 Å². The van der Waals surface area contributed by atoms with Crippen LogP contribution in [-0.4, -0.2) is 60.7 Å². The van der Waals surface area contributed by atoms with Crippen molar-refractivity contribution in [1.82, 2.24) is 20.9 Å². The molecular formula is C24H39N5O3. The monoisotopic (exact) mass is 445 g/mol. The molecule has 1 saturated heterocycles. The number of hydrogen-bond acceptors (Lipinski definition) is 4. The number of alkyl carbamates (subject to hydrolysis) is 1. The topological polar surface area (TPSA) is 95.1 Å². The van der Waals surface area contributed by atoms with Gasteiger partial charge < -0.3 is 25.6 Å². The Hall–Kier alpha value is -2.77. The van der Waals surface area contributed by atoms with Crippen molar-refractivity contribution in [1.29, 1.82) is 0 Å². The van der Waals surface area contributed by atoms with E-state index < -0.39 is 17.2 Å². The van der Waals surface area contributed by atoms with Gasteiger partial charge in [0.15, 0.2) is 5.96 Å². The number of carbonyl (C=O) groups excluding carboxylic acids is 2. The highest BCUT2D eigenvalue weighted by Crippen LogP contribution is 2.14. The van der Waals surface area contributed by atoms with Crippen LogP contribution < -0.4 is 16.0 Å². The quantitative estimate of drug-likeness (QED) is 0.461. The first-order valence-electron chi connectivity index (χ1n) is 11.3. The first kappa shape index (κ1) is 25.5. The van der Waals surface area contributed by atoms with Gasteiger partial charge in [-0.1, -0.05) is 12.1 Å². The van der Waals surface area contributed by atoms with Gasteiger partial charge in [0.25, 0.3) is 5.91 Å². The summed E-state index contributed by atoms with van der Waals surface area (Å²) in [7, 11) is 1.70. The Morgan fingerprint density at radius 3 is 2.19 bits per heavy atom. The minimum Gasteiger partial charge on any atom is -0.444 e. The van der Waals surface area contributed by atoms with E-state index in [2.05, 4.69) is 20.9 Å². The lowest BCUT2D eigenvalue weighted by Gasteiger charge is -2.29. The van der Waals surface area contributed by atoms with Crippen molar-refractivity contribution in [3.63, 3.8) is 0 Å². The summed E-state index contributed by atoms with van der Waals surface area (Å²) in [5.74, 6) is 0.735. The Morgan fingerprint density at radius 2 is 1.62 bits per heavy atom. The fourth-order valence-corrected chi connectivity index (χ4v) is 3.38. The summed E-state index contributed by atoms with van der Waals surface area (Å²) in [6.07, 6.45) is 2.93. The standard InChI is InChI=1S/C24H39N5O3/c1-23(2,3)32-22(31)28-24(4,5)17-27-21(25-6)26-16-18-10-12-19(13-11-18)20(30)29-14-8-7-9-15-29/h10-13H,7-9,14-17H2,1-6H3,(H,28,31)(H2,25,26,27). The van der Waals surface area contributed by atoms with Gasteiger partial charge in [-0.2, -0.15) is 0 Å². The van der Waals surface area contributed by atoms with Gasteiger partial charge in [0.2, 0.25) is 0 Å². The molecule has 1 aliphatic heterocycles. The van der Waals surface area contributed by atoms with Crippen molar-refractivity contribution in [3.8, 4) is 0 Å². The van der Waals surface area contributed by atoms with Crippen LogP contribution in [-0.2, 0) is 11.3 Å². The van der Waals surface area contributed by atoms with Crippen LogP contribution in [0, 0.1) is 0 Å². The third-order valence-corrected chi connectivity index (χ3v) is 5.06. The van der Waals surface area contributed by atoms with E-state index in [0.717, 1.165) is 37.1 Å². The first-order chi connectivity index (χ1) is 15.0. The van der Waals surface area contributed by atoms with Gasteiger partial charge in [0.05, 0.1) is 5.54 Å². The maximum atomic E-state index is 12.6. The molecule has 1 fully saturated rings. The molecule has 8 heteroatoms. The first-order valence-corrected chi connectivity index (χ1v) is 11.3. The summed E-state index contributed by atoms with van der Waals surface area (Å²) >= 11 is 0. The van der Waals surface area contributed by atoms with Crippen LogP contribution in [0.5, 0.6) is 0 Å². The van der Waals surface area contributed by atoms with Crippen molar-refractivity contribution >= 4 is 18.0 Å². The fourth-order valence-electron chi connectivity index (χ4n) is 3.38. The van der Waals surface area contributed by atoms with Crippen LogP contribution in [0.3, 0.4) is 0 Å². The Morgan fingerprint density at radius 1 is 1.00 bits per heavy atom. The summed E-state index contributed by atoms with van der Waals surface area (Å²) in [5, 5.41) is 9.36. The normalized spacial score (nSPS) is 15.2. The number of carbonyl (C=O) groups is 2. The number of nitrogens with zero attached hydrogens (tertiary/aromatic N) is 2. The number of rotatable bonds is 6. The van der Waals surface area contributed by atoms with Crippen LogP contribution in [0.2, 0.25) is 0 Å². The van der Waals surface area contributed by atoms with E-state index in [1.807, 2.05) is 63.8 Å². The summed E-state index contributed by atoms with van der Waals surface area (Å²) < 4.78 is 5.33. The van der Waals surface area contributed by atoms with E-state index in [1.165, 1.54) is 6.42 Å². The van der Waals surface area contributed by atoms with E-state index in [0.29, 0.717) is 19.0 Å². The van der Waals surface area contributed by atoms with Gasteiger partial charge in [0.1, 0.15) is 5.60 Å². The molecule has 1 aromatic rings. The number of benzene rings is 1. The molecule has 0 atom stereocenters. The molecule has 0 saturated carbocycles. The molecule has 1 aromatic carbocycles. The molecule has 1 heterocycles. The second kappa shape index (κ2) is 11.2. The predicted octanol–water partition coefficient (Wildman–Crippen LogP) is 3.28. The predicted molar refractivity (Wildman–Crippen MR) is 128 cm³/mol. The molecule has 2 amide bonds. The summed E-state index contributed by atoms with van der Waals surface area (Å²) in [6, 6.07) is 7.70. The lowest BCUT2D eigenvalue weighted by molar-refractivity contribution is 0.0473. The maximum Gasteiger partial charge on any atom is 0.408 e.